The van der Waals surface area contributed by atoms with Crippen LogP contribution in [0.25, 0.3) is 0 Å². The molecule has 0 spiro atoms. The van der Waals surface area contributed by atoms with Crippen LogP contribution < -0.4 is 10.6 Å². The van der Waals surface area contributed by atoms with Gasteiger partial charge in [-0.15, -0.1) is 0 Å². The minimum Gasteiger partial charge on any atom is -0.391 e. The number of aliphatic hydroxyl groups excluding tert-OH is 1. The summed E-state index contributed by atoms with van der Waals surface area (Å²) in [7, 11) is 0. The quantitative estimate of drug-likeness (QED) is 0.717. The fourth-order valence-electron chi connectivity index (χ4n) is 2.29. The van der Waals surface area contributed by atoms with Crippen molar-refractivity contribution in [3.05, 3.63) is 35.9 Å². The van der Waals surface area contributed by atoms with Crippen LogP contribution in [0.3, 0.4) is 0 Å². The zero-order valence-corrected chi connectivity index (χ0v) is 11.4. The van der Waals surface area contributed by atoms with Crippen molar-refractivity contribution >= 4 is 6.03 Å². The topological polar surface area (TPSA) is 61.4 Å². The molecule has 2 atom stereocenters. The second-order valence-corrected chi connectivity index (χ2v) is 4.95. The van der Waals surface area contributed by atoms with Gasteiger partial charge in [-0.2, -0.15) is 0 Å². The Morgan fingerprint density at radius 2 is 2.00 bits per heavy atom. The second kappa shape index (κ2) is 7.56. The molecule has 0 radical (unpaired) electrons. The van der Waals surface area contributed by atoms with E-state index in [1.165, 1.54) is 0 Å². The minimum atomic E-state index is -0.426. The van der Waals surface area contributed by atoms with Crippen LogP contribution in [-0.4, -0.2) is 29.8 Å². The third-order valence-corrected chi connectivity index (χ3v) is 3.39. The van der Waals surface area contributed by atoms with Crippen LogP contribution in [0.2, 0.25) is 0 Å². The van der Waals surface area contributed by atoms with Gasteiger partial charge in [0.25, 0.3) is 0 Å². The summed E-state index contributed by atoms with van der Waals surface area (Å²) >= 11 is 0. The molecule has 1 aliphatic rings. The fourth-order valence-corrected chi connectivity index (χ4v) is 2.29. The molecule has 0 heterocycles. The lowest BCUT2D eigenvalue weighted by atomic mass is 9.93. The van der Waals surface area contributed by atoms with Gasteiger partial charge < -0.3 is 15.7 Å². The molecule has 1 aromatic carbocycles. The van der Waals surface area contributed by atoms with E-state index in [2.05, 4.69) is 22.5 Å². The highest BCUT2D eigenvalue weighted by molar-refractivity contribution is 5.74. The zero-order valence-electron chi connectivity index (χ0n) is 11.4. The van der Waals surface area contributed by atoms with Gasteiger partial charge in [-0.25, -0.2) is 4.79 Å². The van der Waals surface area contributed by atoms with E-state index in [0.29, 0.717) is 6.54 Å². The number of nitrogens with one attached hydrogen (secondary N) is 2. The summed E-state index contributed by atoms with van der Waals surface area (Å²) in [6, 6.07) is 9.23. The molecule has 0 aromatic heterocycles. The van der Waals surface area contributed by atoms with E-state index < -0.39 is 6.10 Å². The van der Waals surface area contributed by atoms with E-state index >= 15 is 0 Å². The molecule has 1 fully saturated rings. The SMILES string of the molecule is O=C(NCC#Cc1ccccc1)NC1CCCCC1O. The third kappa shape index (κ3) is 4.60. The normalized spacial score (nSPS) is 21.4. The third-order valence-electron chi connectivity index (χ3n) is 3.39. The molecule has 2 unspecified atom stereocenters. The molecule has 20 heavy (non-hydrogen) atoms. The highest BCUT2D eigenvalue weighted by Gasteiger charge is 2.23. The van der Waals surface area contributed by atoms with Crippen LogP contribution in [0, 0.1) is 11.8 Å². The van der Waals surface area contributed by atoms with Gasteiger partial charge in [0.2, 0.25) is 0 Å². The molecule has 2 amide bonds. The van der Waals surface area contributed by atoms with Gasteiger partial charge in [-0.05, 0) is 25.0 Å². The van der Waals surface area contributed by atoms with Crippen LogP contribution in [0.1, 0.15) is 31.2 Å². The largest absolute Gasteiger partial charge is 0.391 e. The van der Waals surface area contributed by atoms with Gasteiger partial charge >= 0.3 is 6.03 Å². The first-order valence-corrected chi connectivity index (χ1v) is 7.02. The Morgan fingerprint density at radius 3 is 2.75 bits per heavy atom. The van der Waals surface area contributed by atoms with Gasteiger partial charge in [0.1, 0.15) is 0 Å². The molecule has 3 N–H and O–H groups in total. The van der Waals surface area contributed by atoms with Crippen LogP contribution in [0.15, 0.2) is 30.3 Å². The molecular weight excluding hydrogens is 252 g/mol. The van der Waals surface area contributed by atoms with Crippen LogP contribution in [-0.2, 0) is 0 Å². The molecule has 0 bridgehead atoms. The Labute approximate surface area is 119 Å². The van der Waals surface area contributed by atoms with Crippen molar-refractivity contribution in [3.63, 3.8) is 0 Å². The number of benzene rings is 1. The van der Waals surface area contributed by atoms with Crippen molar-refractivity contribution in [2.24, 2.45) is 0 Å². The van der Waals surface area contributed by atoms with E-state index in [9.17, 15) is 9.90 Å². The van der Waals surface area contributed by atoms with Crippen molar-refractivity contribution in [1.29, 1.82) is 0 Å². The first kappa shape index (κ1) is 14.4. The van der Waals surface area contributed by atoms with Gasteiger partial charge in [0, 0.05) is 5.56 Å². The lowest BCUT2D eigenvalue weighted by molar-refractivity contribution is 0.0944. The van der Waals surface area contributed by atoms with E-state index in [4.69, 9.17) is 0 Å². The molecule has 1 aliphatic carbocycles. The molecule has 2 rings (SSSR count). The van der Waals surface area contributed by atoms with Crippen LogP contribution in [0.4, 0.5) is 4.79 Å². The van der Waals surface area contributed by atoms with Crippen molar-refractivity contribution in [1.82, 2.24) is 10.6 Å². The average Bonchev–Trinajstić information content (AvgIpc) is 2.47. The second-order valence-electron chi connectivity index (χ2n) is 4.95. The number of carbonyl (C=O) groups is 1. The number of hydrogen-bond donors (Lipinski definition) is 3. The van der Waals surface area contributed by atoms with Crippen LogP contribution >= 0.6 is 0 Å². The summed E-state index contributed by atoms with van der Waals surface area (Å²) in [5.74, 6) is 5.87. The lowest BCUT2D eigenvalue weighted by Crippen LogP contribution is -2.49. The smallest absolute Gasteiger partial charge is 0.315 e. The first-order chi connectivity index (χ1) is 9.75. The van der Waals surface area contributed by atoms with Crippen LogP contribution in [0.5, 0.6) is 0 Å². The van der Waals surface area contributed by atoms with E-state index in [-0.39, 0.29) is 12.1 Å². The minimum absolute atomic E-state index is 0.133. The highest BCUT2D eigenvalue weighted by Crippen LogP contribution is 2.17. The maximum Gasteiger partial charge on any atom is 0.315 e. The molecular formula is C16H20N2O2. The van der Waals surface area contributed by atoms with Gasteiger partial charge in [0.15, 0.2) is 0 Å². The number of carbonyl (C=O) groups excluding carboxylic acids is 1. The van der Waals surface area contributed by atoms with Crippen molar-refractivity contribution in [2.45, 2.75) is 37.8 Å². The molecule has 0 aliphatic heterocycles. The number of hydrogen-bond acceptors (Lipinski definition) is 2. The summed E-state index contributed by atoms with van der Waals surface area (Å²) in [5.41, 5.74) is 0.928. The monoisotopic (exact) mass is 272 g/mol. The lowest BCUT2D eigenvalue weighted by Gasteiger charge is -2.28. The Kier molecular flexibility index (Phi) is 5.45. The standard InChI is InChI=1S/C16H20N2O2/c19-15-11-5-4-10-14(15)18-16(20)17-12-6-9-13-7-2-1-3-8-13/h1-3,7-8,14-15,19H,4-5,10-12H2,(H2,17,18,20). The molecule has 1 saturated carbocycles. The van der Waals surface area contributed by atoms with Crippen molar-refractivity contribution < 1.29 is 9.90 Å². The van der Waals surface area contributed by atoms with E-state index in [1.807, 2.05) is 30.3 Å². The van der Waals surface area contributed by atoms with Gasteiger partial charge in [-0.3, -0.25) is 0 Å². The van der Waals surface area contributed by atoms with Gasteiger partial charge in [-0.1, -0.05) is 42.9 Å². The van der Waals surface area contributed by atoms with Crippen molar-refractivity contribution in [3.8, 4) is 11.8 Å². The zero-order chi connectivity index (χ0) is 14.2. The molecule has 0 saturated heterocycles. The number of urea groups is 1. The molecule has 1 aromatic rings. The van der Waals surface area contributed by atoms with Gasteiger partial charge in [0.05, 0.1) is 18.7 Å². The Balaban J connectivity index is 1.71. The number of amides is 2. The molecule has 4 heteroatoms. The Bertz CT molecular complexity index is 490. The van der Waals surface area contributed by atoms with Crippen molar-refractivity contribution in [2.75, 3.05) is 6.54 Å². The van der Waals surface area contributed by atoms with E-state index in [1.54, 1.807) is 0 Å². The summed E-state index contributed by atoms with van der Waals surface area (Å²) in [4.78, 5) is 11.7. The summed E-state index contributed by atoms with van der Waals surface area (Å²) in [6.45, 7) is 0.295. The predicted octanol–water partition coefficient (Wildman–Crippen LogP) is 1.64. The number of aliphatic hydroxyl groups is 1. The maximum atomic E-state index is 11.7. The van der Waals surface area contributed by atoms with E-state index in [0.717, 1.165) is 31.2 Å². The maximum absolute atomic E-state index is 11.7. The summed E-state index contributed by atoms with van der Waals surface area (Å²) < 4.78 is 0. The molecule has 106 valence electrons. The average molecular weight is 272 g/mol. The first-order valence-electron chi connectivity index (χ1n) is 7.02. The predicted molar refractivity (Wildman–Crippen MR) is 78.1 cm³/mol. The fraction of sp³-hybridized carbons (Fsp3) is 0.438. The number of rotatable bonds is 2. The molecule has 4 nitrogen and oxygen atoms in total. The Hall–Kier alpha value is -1.99. The highest BCUT2D eigenvalue weighted by atomic mass is 16.3. The summed E-state index contributed by atoms with van der Waals surface area (Å²) in [6.07, 6.45) is 3.26. The Morgan fingerprint density at radius 1 is 1.25 bits per heavy atom. The summed E-state index contributed by atoms with van der Waals surface area (Å²) in [5, 5.41) is 15.3.